The van der Waals surface area contributed by atoms with Crippen LogP contribution in [0.15, 0.2) is 21.1 Å². The zero-order valence-electron chi connectivity index (χ0n) is 12.5. The SMILES string of the molecule is CN1CCCN=C1SCC1=CSC2=NC(C)(C)CN12.Cl.Cl. The van der Waals surface area contributed by atoms with E-state index in [1.54, 1.807) is 11.8 Å². The number of halogens is 2. The van der Waals surface area contributed by atoms with E-state index in [2.05, 4.69) is 41.1 Å². The van der Waals surface area contributed by atoms with Gasteiger partial charge in [-0.3, -0.25) is 9.98 Å². The van der Waals surface area contributed by atoms with Gasteiger partial charge >= 0.3 is 0 Å². The van der Waals surface area contributed by atoms with Crippen LogP contribution in [0.25, 0.3) is 0 Å². The highest BCUT2D eigenvalue weighted by atomic mass is 35.5. The molecule has 8 heteroatoms. The number of hydrogen-bond acceptors (Lipinski definition) is 6. The van der Waals surface area contributed by atoms with Crippen molar-refractivity contribution in [1.29, 1.82) is 0 Å². The molecule has 0 aromatic heterocycles. The van der Waals surface area contributed by atoms with Crippen LogP contribution in [0.2, 0.25) is 0 Å². The van der Waals surface area contributed by atoms with E-state index in [0.717, 1.165) is 25.4 Å². The number of rotatable bonds is 2. The van der Waals surface area contributed by atoms with Gasteiger partial charge in [-0.05, 0) is 25.7 Å². The van der Waals surface area contributed by atoms with Gasteiger partial charge in [0.15, 0.2) is 10.3 Å². The first kappa shape index (κ1) is 19.0. The summed E-state index contributed by atoms with van der Waals surface area (Å²) in [7, 11) is 2.13. The first-order chi connectivity index (χ1) is 9.05. The van der Waals surface area contributed by atoms with Gasteiger partial charge in [0.05, 0.1) is 5.54 Å². The Hall–Kier alpha value is -0.0400. The summed E-state index contributed by atoms with van der Waals surface area (Å²) >= 11 is 3.61. The van der Waals surface area contributed by atoms with Crippen LogP contribution < -0.4 is 0 Å². The lowest BCUT2D eigenvalue weighted by atomic mass is 10.1. The zero-order chi connectivity index (χ0) is 13.5. The molecule has 0 aliphatic carbocycles. The molecule has 0 fully saturated rings. The van der Waals surface area contributed by atoms with E-state index in [0.29, 0.717) is 0 Å². The van der Waals surface area contributed by atoms with Crippen molar-refractivity contribution in [3.63, 3.8) is 0 Å². The number of hydrogen-bond donors (Lipinski definition) is 0. The molecule has 0 amide bonds. The van der Waals surface area contributed by atoms with Crippen LogP contribution in [-0.4, -0.2) is 58.1 Å². The third-order valence-corrected chi connectivity index (χ3v) is 5.45. The van der Waals surface area contributed by atoms with Crippen molar-refractivity contribution < 1.29 is 0 Å². The fraction of sp³-hybridized carbons (Fsp3) is 0.692. The van der Waals surface area contributed by atoms with Gasteiger partial charge in [-0.2, -0.15) is 0 Å². The molecule has 0 unspecified atom stereocenters. The molecule has 120 valence electrons. The van der Waals surface area contributed by atoms with Gasteiger partial charge in [-0.15, -0.1) is 24.8 Å². The standard InChI is InChI=1S/C13H20N4S2.2ClH/c1-13(2)9-17-10(8-19-12(17)15-13)7-18-11-14-5-4-6-16(11)3;;/h8H,4-7,9H2,1-3H3;2*1H. The van der Waals surface area contributed by atoms with Crippen LogP contribution in [0.3, 0.4) is 0 Å². The molecule has 3 rings (SSSR count). The zero-order valence-corrected chi connectivity index (χ0v) is 15.8. The van der Waals surface area contributed by atoms with Crippen molar-refractivity contribution >= 4 is 58.7 Å². The Kier molecular flexibility index (Phi) is 6.78. The molecule has 3 aliphatic rings. The summed E-state index contributed by atoms with van der Waals surface area (Å²) in [5, 5.41) is 4.59. The van der Waals surface area contributed by atoms with Crippen molar-refractivity contribution in [2.45, 2.75) is 25.8 Å². The fourth-order valence-corrected chi connectivity index (χ4v) is 4.59. The topological polar surface area (TPSA) is 31.2 Å². The van der Waals surface area contributed by atoms with E-state index in [-0.39, 0.29) is 30.4 Å². The Bertz CT molecular complexity index is 477. The van der Waals surface area contributed by atoms with Crippen LogP contribution >= 0.6 is 48.3 Å². The summed E-state index contributed by atoms with van der Waals surface area (Å²) in [6, 6.07) is 0. The van der Waals surface area contributed by atoms with Gasteiger partial charge in [0.25, 0.3) is 0 Å². The highest BCUT2D eigenvalue weighted by Crippen LogP contribution is 2.36. The van der Waals surface area contributed by atoms with Gasteiger partial charge in [0, 0.05) is 38.1 Å². The van der Waals surface area contributed by atoms with Gasteiger partial charge < -0.3 is 9.80 Å². The van der Waals surface area contributed by atoms with Crippen molar-refractivity contribution in [3.8, 4) is 0 Å². The maximum atomic E-state index is 4.75. The van der Waals surface area contributed by atoms with Crippen molar-refractivity contribution in [2.75, 3.05) is 32.4 Å². The minimum Gasteiger partial charge on any atom is -0.354 e. The second-order valence-corrected chi connectivity index (χ2v) is 7.53. The van der Waals surface area contributed by atoms with Gasteiger partial charge in [-0.1, -0.05) is 23.5 Å². The Morgan fingerprint density at radius 2 is 2.14 bits per heavy atom. The lowest BCUT2D eigenvalue weighted by molar-refractivity contribution is 0.436. The lowest BCUT2D eigenvalue weighted by Crippen LogP contribution is -2.32. The molecule has 0 aromatic carbocycles. The quantitative estimate of drug-likeness (QED) is 0.748. The van der Waals surface area contributed by atoms with Gasteiger partial charge in [0.2, 0.25) is 0 Å². The third-order valence-electron chi connectivity index (χ3n) is 3.40. The molecule has 0 bridgehead atoms. The summed E-state index contributed by atoms with van der Waals surface area (Å²) in [5.74, 6) is 0.991. The third kappa shape index (κ3) is 4.24. The monoisotopic (exact) mass is 368 g/mol. The Labute approximate surface area is 147 Å². The average Bonchev–Trinajstić information content (AvgIpc) is 2.84. The average molecular weight is 369 g/mol. The molecule has 0 N–H and O–H groups in total. The Morgan fingerprint density at radius 3 is 2.86 bits per heavy atom. The molecular formula is C13H22Cl2N4S2. The van der Waals surface area contributed by atoms with Crippen LogP contribution in [0, 0.1) is 0 Å². The molecular weight excluding hydrogens is 347 g/mol. The van der Waals surface area contributed by atoms with Crippen molar-refractivity contribution in [3.05, 3.63) is 11.1 Å². The van der Waals surface area contributed by atoms with Crippen LogP contribution in [0.5, 0.6) is 0 Å². The largest absolute Gasteiger partial charge is 0.354 e. The maximum Gasteiger partial charge on any atom is 0.168 e. The van der Waals surface area contributed by atoms with E-state index in [1.165, 1.54) is 22.5 Å². The first-order valence-electron chi connectivity index (χ1n) is 6.67. The molecule has 3 heterocycles. The number of aliphatic imine (C=N–C) groups is 2. The molecule has 0 aromatic rings. The number of amidine groups is 2. The smallest absolute Gasteiger partial charge is 0.168 e. The Morgan fingerprint density at radius 1 is 1.38 bits per heavy atom. The van der Waals surface area contributed by atoms with Crippen LogP contribution in [0.4, 0.5) is 0 Å². The summed E-state index contributed by atoms with van der Waals surface area (Å²) < 4.78 is 0. The Balaban J connectivity index is 0.00000110. The normalized spacial score (nSPS) is 22.7. The molecule has 4 nitrogen and oxygen atoms in total. The second kappa shape index (κ2) is 7.49. The number of thioether (sulfide) groups is 2. The summed E-state index contributed by atoms with van der Waals surface area (Å²) in [5.41, 5.74) is 1.44. The van der Waals surface area contributed by atoms with Gasteiger partial charge in [0.1, 0.15) is 0 Å². The highest BCUT2D eigenvalue weighted by molar-refractivity contribution is 8.17. The van der Waals surface area contributed by atoms with E-state index >= 15 is 0 Å². The first-order valence-corrected chi connectivity index (χ1v) is 8.53. The molecule has 21 heavy (non-hydrogen) atoms. The van der Waals surface area contributed by atoms with Crippen LogP contribution in [-0.2, 0) is 0 Å². The van der Waals surface area contributed by atoms with E-state index in [9.17, 15) is 0 Å². The predicted octanol–water partition coefficient (Wildman–Crippen LogP) is 3.29. The molecule has 0 radical (unpaired) electrons. The molecule has 0 saturated carbocycles. The van der Waals surface area contributed by atoms with E-state index in [1.807, 2.05) is 11.8 Å². The second-order valence-electron chi connectivity index (χ2n) is 5.75. The lowest BCUT2D eigenvalue weighted by Gasteiger charge is -2.25. The minimum atomic E-state index is 0. The van der Waals surface area contributed by atoms with E-state index in [4.69, 9.17) is 4.99 Å². The van der Waals surface area contributed by atoms with Crippen molar-refractivity contribution in [1.82, 2.24) is 9.80 Å². The summed E-state index contributed by atoms with van der Waals surface area (Å²) in [6.45, 7) is 7.50. The summed E-state index contributed by atoms with van der Waals surface area (Å²) in [4.78, 5) is 14.0. The number of fused-ring (bicyclic) bond motifs is 1. The summed E-state index contributed by atoms with van der Waals surface area (Å²) in [6.07, 6.45) is 1.18. The molecule has 0 saturated heterocycles. The molecule has 0 atom stereocenters. The minimum absolute atomic E-state index is 0. The number of nitrogens with zero attached hydrogens (tertiary/aromatic N) is 4. The van der Waals surface area contributed by atoms with Crippen molar-refractivity contribution in [2.24, 2.45) is 9.98 Å². The van der Waals surface area contributed by atoms with Crippen LogP contribution in [0.1, 0.15) is 20.3 Å². The highest BCUT2D eigenvalue weighted by Gasteiger charge is 2.36. The predicted molar refractivity (Wildman–Crippen MR) is 100 cm³/mol. The fourth-order valence-electron chi connectivity index (χ4n) is 2.41. The van der Waals surface area contributed by atoms with E-state index < -0.39 is 0 Å². The molecule has 0 spiro atoms. The molecule has 3 aliphatic heterocycles. The maximum absolute atomic E-state index is 4.75. The van der Waals surface area contributed by atoms with Gasteiger partial charge in [-0.25, -0.2) is 0 Å².